The van der Waals surface area contributed by atoms with Gasteiger partial charge in [0.05, 0.1) is 12.0 Å². The van der Waals surface area contributed by atoms with E-state index in [-0.39, 0.29) is 17.6 Å². The smallest absolute Gasteiger partial charge is 0.230 e. The normalized spacial score (nSPS) is 24.4. The van der Waals surface area contributed by atoms with Gasteiger partial charge in [0.2, 0.25) is 5.91 Å². The van der Waals surface area contributed by atoms with Crippen molar-refractivity contribution in [3.63, 3.8) is 0 Å². The SMILES string of the molecule is O=C(Nc1cccc(F)c1)C1CCCC1O. The van der Waals surface area contributed by atoms with Gasteiger partial charge in [0, 0.05) is 5.69 Å². The Morgan fingerprint density at radius 2 is 2.25 bits per heavy atom. The minimum atomic E-state index is -0.562. The molecule has 1 aromatic carbocycles. The summed E-state index contributed by atoms with van der Waals surface area (Å²) in [5.74, 6) is -0.969. The minimum Gasteiger partial charge on any atom is -0.392 e. The maximum atomic E-state index is 12.9. The third-order valence-electron chi connectivity index (χ3n) is 2.91. The number of carbonyl (C=O) groups excluding carboxylic acids is 1. The van der Waals surface area contributed by atoms with E-state index in [1.54, 1.807) is 6.07 Å². The van der Waals surface area contributed by atoms with Crippen molar-refractivity contribution in [3.8, 4) is 0 Å². The molecule has 0 aromatic heterocycles. The van der Waals surface area contributed by atoms with Crippen molar-refractivity contribution in [2.45, 2.75) is 25.4 Å². The van der Waals surface area contributed by atoms with Crippen molar-refractivity contribution in [1.82, 2.24) is 0 Å². The number of hydrogen-bond donors (Lipinski definition) is 2. The predicted molar refractivity (Wildman–Crippen MR) is 58.4 cm³/mol. The number of aliphatic hydroxyl groups is 1. The van der Waals surface area contributed by atoms with E-state index >= 15 is 0 Å². The molecule has 1 aliphatic rings. The standard InChI is InChI=1S/C12H14FNO2/c13-8-3-1-4-9(7-8)14-12(16)10-5-2-6-11(10)15/h1,3-4,7,10-11,15H,2,5-6H2,(H,14,16). The molecule has 2 rings (SSSR count). The topological polar surface area (TPSA) is 49.3 Å². The van der Waals surface area contributed by atoms with Gasteiger partial charge < -0.3 is 10.4 Å². The molecular weight excluding hydrogens is 209 g/mol. The van der Waals surface area contributed by atoms with Gasteiger partial charge in [-0.05, 0) is 37.5 Å². The Kier molecular flexibility index (Phi) is 3.19. The van der Waals surface area contributed by atoms with Crippen molar-refractivity contribution in [3.05, 3.63) is 30.1 Å². The number of carbonyl (C=O) groups is 1. The first-order valence-electron chi connectivity index (χ1n) is 5.41. The fraction of sp³-hybridized carbons (Fsp3) is 0.417. The molecule has 0 heterocycles. The highest BCUT2D eigenvalue weighted by atomic mass is 19.1. The molecule has 2 atom stereocenters. The molecule has 1 aromatic rings. The van der Waals surface area contributed by atoms with E-state index in [0.29, 0.717) is 18.5 Å². The van der Waals surface area contributed by atoms with Crippen LogP contribution in [0.2, 0.25) is 0 Å². The average Bonchev–Trinajstić information content (AvgIpc) is 2.64. The monoisotopic (exact) mass is 223 g/mol. The molecule has 4 heteroatoms. The average molecular weight is 223 g/mol. The molecule has 1 saturated carbocycles. The van der Waals surface area contributed by atoms with E-state index in [1.165, 1.54) is 18.2 Å². The van der Waals surface area contributed by atoms with Crippen LogP contribution in [0.4, 0.5) is 10.1 Å². The summed E-state index contributed by atoms with van der Waals surface area (Å²) < 4.78 is 12.9. The van der Waals surface area contributed by atoms with Gasteiger partial charge in [0.25, 0.3) is 0 Å². The molecule has 3 nitrogen and oxygen atoms in total. The summed E-state index contributed by atoms with van der Waals surface area (Å²) in [5.41, 5.74) is 0.434. The Balaban J connectivity index is 2.02. The number of halogens is 1. The Bertz CT molecular complexity index is 394. The lowest BCUT2D eigenvalue weighted by atomic mass is 10.1. The summed E-state index contributed by atoms with van der Waals surface area (Å²) in [4.78, 5) is 11.7. The van der Waals surface area contributed by atoms with Gasteiger partial charge in [-0.2, -0.15) is 0 Å². The largest absolute Gasteiger partial charge is 0.392 e. The van der Waals surface area contributed by atoms with Crippen molar-refractivity contribution in [2.75, 3.05) is 5.32 Å². The zero-order valence-electron chi connectivity index (χ0n) is 8.82. The third kappa shape index (κ3) is 2.39. The van der Waals surface area contributed by atoms with Crippen LogP contribution >= 0.6 is 0 Å². The lowest BCUT2D eigenvalue weighted by Gasteiger charge is -2.14. The number of anilines is 1. The highest BCUT2D eigenvalue weighted by Gasteiger charge is 2.31. The molecule has 86 valence electrons. The van der Waals surface area contributed by atoms with Crippen LogP contribution in [0.25, 0.3) is 0 Å². The van der Waals surface area contributed by atoms with E-state index in [0.717, 1.165) is 6.42 Å². The van der Waals surface area contributed by atoms with E-state index in [4.69, 9.17) is 0 Å². The predicted octanol–water partition coefficient (Wildman–Crippen LogP) is 1.93. The molecule has 2 N–H and O–H groups in total. The molecule has 0 bridgehead atoms. The second-order valence-electron chi connectivity index (χ2n) is 4.10. The number of nitrogens with one attached hydrogen (secondary N) is 1. The van der Waals surface area contributed by atoms with Crippen LogP contribution in [0, 0.1) is 11.7 Å². The number of amides is 1. The summed E-state index contributed by atoms with van der Waals surface area (Å²) >= 11 is 0. The van der Waals surface area contributed by atoms with Crippen LogP contribution in [0.1, 0.15) is 19.3 Å². The van der Waals surface area contributed by atoms with Crippen LogP contribution in [0.15, 0.2) is 24.3 Å². The number of benzene rings is 1. The lowest BCUT2D eigenvalue weighted by Crippen LogP contribution is -2.28. The lowest BCUT2D eigenvalue weighted by molar-refractivity contribution is -0.122. The molecule has 0 radical (unpaired) electrons. The molecule has 0 aliphatic heterocycles. The van der Waals surface area contributed by atoms with Crippen molar-refractivity contribution < 1.29 is 14.3 Å². The van der Waals surface area contributed by atoms with Gasteiger partial charge in [-0.3, -0.25) is 4.79 Å². The Hall–Kier alpha value is -1.42. The first-order chi connectivity index (χ1) is 7.66. The first-order valence-corrected chi connectivity index (χ1v) is 5.41. The highest BCUT2D eigenvalue weighted by Crippen LogP contribution is 2.26. The van der Waals surface area contributed by atoms with Gasteiger partial charge in [-0.15, -0.1) is 0 Å². The molecule has 1 amide bonds. The second-order valence-corrected chi connectivity index (χ2v) is 4.10. The Morgan fingerprint density at radius 3 is 2.88 bits per heavy atom. The van der Waals surface area contributed by atoms with Crippen LogP contribution in [-0.4, -0.2) is 17.1 Å². The fourth-order valence-electron chi connectivity index (χ4n) is 2.05. The fourth-order valence-corrected chi connectivity index (χ4v) is 2.05. The highest BCUT2D eigenvalue weighted by molar-refractivity contribution is 5.93. The van der Waals surface area contributed by atoms with E-state index in [1.807, 2.05) is 0 Å². The van der Waals surface area contributed by atoms with Crippen LogP contribution in [-0.2, 0) is 4.79 Å². The molecule has 16 heavy (non-hydrogen) atoms. The van der Waals surface area contributed by atoms with Gasteiger partial charge in [0.15, 0.2) is 0 Å². The van der Waals surface area contributed by atoms with Gasteiger partial charge in [-0.25, -0.2) is 4.39 Å². The Labute approximate surface area is 93.3 Å². The maximum absolute atomic E-state index is 12.9. The summed E-state index contributed by atoms with van der Waals surface area (Å²) in [7, 11) is 0. The van der Waals surface area contributed by atoms with Crippen LogP contribution in [0.5, 0.6) is 0 Å². The molecular formula is C12H14FNO2. The van der Waals surface area contributed by atoms with Crippen molar-refractivity contribution in [2.24, 2.45) is 5.92 Å². The van der Waals surface area contributed by atoms with Gasteiger partial charge in [0.1, 0.15) is 5.82 Å². The first kappa shape index (κ1) is 11.1. The van der Waals surface area contributed by atoms with E-state index < -0.39 is 6.10 Å². The molecule has 2 unspecified atom stereocenters. The quantitative estimate of drug-likeness (QED) is 0.804. The molecule has 1 aliphatic carbocycles. The van der Waals surface area contributed by atoms with E-state index in [2.05, 4.69) is 5.32 Å². The van der Waals surface area contributed by atoms with Crippen LogP contribution < -0.4 is 5.32 Å². The van der Waals surface area contributed by atoms with Gasteiger partial charge >= 0.3 is 0 Å². The van der Waals surface area contributed by atoms with Gasteiger partial charge in [-0.1, -0.05) is 6.07 Å². The van der Waals surface area contributed by atoms with Crippen molar-refractivity contribution in [1.29, 1.82) is 0 Å². The Morgan fingerprint density at radius 1 is 1.44 bits per heavy atom. The zero-order valence-corrected chi connectivity index (χ0v) is 8.82. The maximum Gasteiger partial charge on any atom is 0.230 e. The molecule has 1 fully saturated rings. The summed E-state index contributed by atoms with van der Waals surface area (Å²) in [6, 6.07) is 5.75. The summed E-state index contributed by atoms with van der Waals surface area (Å²) in [6.07, 6.45) is 1.67. The number of hydrogen-bond acceptors (Lipinski definition) is 2. The zero-order chi connectivity index (χ0) is 11.5. The third-order valence-corrected chi connectivity index (χ3v) is 2.91. The second kappa shape index (κ2) is 4.61. The summed E-state index contributed by atoms with van der Waals surface area (Å²) in [6.45, 7) is 0. The minimum absolute atomic E-state index is 0.226. The number of aliphatic hydroxyl groups excluding tert-OH is 1. The summed E-state index contributed by atoms with van der Waals surface area (Å²) in [5, 5.41) is 12.2. The van der Waals surface area contributed by atoms with Crippen LogP contribution in [0.3, 0.4) is 0 Å². The molecule has 0 spiro atoms. The van der Waals surface area contributed by atoms with Crippen molar-refractivity contribution >= 4 is 11.6 Å². The number of rotatable bonds is 2. The van der Waals surface area contributed by atoms with E-state index in [9.17, 15) is 14.3 Å². The molecule has 0 saturated heterocycles.